The molecule has 1 aliphatic heterocycles. The first-order valence-electron chi connectivity index (χ1n) is 8.62. The summed E-state index contributed by atoms with van der Waals surface area (Å²) in [4.78, 5) is 13.5. The lowest BCUT2D eigenvalue weighted by molar-refractivity contribution is 0.00578. The van der Waals surface area contributed by atoms with Gasteiger partial charge in [0.25, 0.3) is 0 Å². The molecule has 0 N–H and O–H groups in total. The molecule has 1 fully saturated rings. The summed E-state index contributed by atoms with van der Waals surface area (Å²) < 4.78 is 19.0. The Morgan fingerprint density at radius 3 is 2.36 bits per heavy atom. The van der Waals surface area contributed by atoms with Gasteiger partial charge in [-0.25, -0.2) is 4.79 Å². The molecule has 1 aromatic rings. The van der Waals surface area contributed by atoms with Gasteiger partial charge in [-0.05, 0) is 48.5 Å². The summed E-state index contributed by atoms with van der Waals surface area (Å²) >= 11 is 0. The second kappa shape index (κ2) is 6.65. The van der Waals surface area contributed by atoms with Gasteiger partial charge in [-0.3, -0.25) is 4.68 Å². The fourth-order valence-corrected chi connectivity index (χ4v) is 2.20. The van der Waals surface area contributed by atoms with Gasteiger partial charge in [0.15, 0.2) is 0 Å². The minimum absolute atomic E-state index is 0.254. The molecule has 25 heavy (non-hydrogen) atoms. The Morgan fingerprint density at radius 1 is 1.28 bits per heavy atom. The molecule has 0 spiro atoms. The number of ether oxygens (including phenoxy) is 1. The number of nitrogens with zero attached hydrogens (tertiary/aromatic N) is 3. The highest BCUT2D eigenvalue weighted by Crippen LogP contribution is 2.36. The van der Waals surface area contributed by atoms with Crippen molar-refractivity contribution >= 4 is 18.7 Å². The van der Waals surface area contributed by atoms with Crippen molar-refractivity contribution in [2.24, 2.45) is 0 Å². The normalized spacial score (nSPS) is 19.1. The molecule has 7 nitrogen and oxygen atoms in total. The van der Waals surface area contributed by atoms with Crippen LogP contribution in [0.25, 0.3) is 0 Å². The van der Waals surface area contributed by atoms with Gasteiger partial charge < -0.3 is 18.9 Å². The van der Waals surface area contributed by atoms with E-state index in [1.54, 1.807) is 22.8 Å². The first kappa shape index (κ1) is 19.8. The molecule has 0 radical (unpaired) electrons. The van der Waals surface area contributed by atoms with E-state index in [0.717, 1.165) is 5.46 Å². The number of hydrogen-bond acceptors (Lipinski definition) is 5. The first-order chi connectivity index (χ1) is 11.3. The highest BCUT2D eigenvalue weighted by Gasteiger charge is 2.52. The summed E-state index contributed by atoms with van der Waals surface area (Å²) in [6.45, 7) is 14.7. The summed E-state index contributed by atoms with van der Waals surface area (Å²) in [5.74, 6) is 0. The van der Waals surface area contributed by atoms with E-state index in [-0.39, 0.29) is 29.4 Å². The van der Waals surface area contributed by atoms with Crippen molar-refractivity contribution in [3.8, 4) is 0 Å². The minimum Gasteiger partial charge on any atom is -0.447 e. The second-order valence-electron chi connectivity index (χ2n) is 8.47. The van der Waals surface area contributed by atoms with Crippen molar-refractivity contribution in [3.05, 3.63) is 12.4 Å². The van der Waals surface area contributed by atoms with E-state index in [1.165, 1.54) is 0 Å². The van der Waals surface area contributed by atoms with Crippen LogP contribution in [0.3, 0.4) is 0 Å². The lowest BCUT2D eigenvalue weighted by Crippen LogP contribution is -2.43. The predicted octanol–water partition coefficient (Wildman–Crippen LogP) is 2.05. The second-order valence-corrected chi connectivity index (χ2v) is 8.47. The van der Waals surface area contributed by atoms with Gasteiger partial charge in [-0.15, -0.1) is 0 Å². The number of hydrogen-bond donors (Lipinski definition) is 0. The summed E-state index contributed by atoms with van der Waals surface area (Å²) in [6, 6.07) is 0. The van der Waals surface area contributed by atoms with Crippen molar-refractivity contribution < 1.29 is 18.8 Å². The van der Waals surface area contributed by atoms with Crippen LogP contribution in [0.2, 0.25) is 0 Å². The van der Waals surface area contributed by atoms with Crippen molar-refractivity contribution in [2.75, 3.05) is 13.7 Å². The van der Waals surface area contributed by atoms with E-state index in [4.69, 9.17) is 14.0 Å². The number of rotatable bonds is 4. The Kier molecular flexibility index (Phi) is 5.26. The van der Waals surface area contributed by atoms with Crippen LogP contribution in [-0.2, 0) is 20.6 Å². The van der Waals surface area contributed by atoms with Gasteiger partial charge >= 0.3 is 13.2 Å². The highest BCUT2D eigenvalue weighted by atomic mass is 16.7. The van der Waals surface area contributed by atoms with Crippen LogP contribution >= 0.6 is 0 Å². The summed E-state index contributed by atoms with van der Waals surface area (Å²) in [7, 11) is 1.29. The zero-order chi connectivity index (χ0) is 19.0. The van der Waals surface area contributed by atoms with Crippen LogP contribution in [-0.4, -0.2) is 58.3 Å². The zero-order valence-electron chi connectivity index (χ0n) is 16.6. The number of amides is 1. The Hall–Kier alpha value is -1.54. The Bertz CT molecular complexity index is 606. The van der Waals surface area contributed by atoms with E-state index >= 15 is 0 Å². The quantitative estimate of drug-likeness (QED) is 0.777. The highest BCUT2D eigenvalue weighted by molar-refractivity contribution is 6.61. The van der Waals surface area contributed by atoms with E-state index in [9.17, 15) is 4.79 Å². The largest absolute Gasteiger partial charge is 0.498 e. The lowest BCUT2D eigenvalue weighted by atomic mass is 9.82. The van der Waals surface area contributed by atoms with E-state index in [1.807, 2.05) is 54.7 Å². The maximum Gasteiger partial charge on any atom is 0.498 e. The van der Waals surface area contributed by atoms with Gasteiger partial charge in [0, 0.05) is 30.4 Å². The van der Waals surface area contributed by atoms with E-state index in [0.29, 0.717) is 6.54 Å². The molecule has 140 valence electrons. The SMILES string of the molecule is CN(C(=O)OCCn1cc(B2OC(C)(C)C(C)(C)O2)cn1)C(C)(C)C. The van der Waals surface area contributed by atoms with Crippen LogP contribution in [0.4, 0.5) is 4.79 Å². The smallest absolute Gasteiger partial charge is 0.447 e. The van der Waals surface area contributed by atoms with Crippen LogP contribution in [0.5, 0.6) is 0 Å². The average molecular weight is 351 g/mol. The average Bonchev–Trinajstić information content (AvgIpc) is 3.00. The van der Waals surface area contributed by atoms with Gasteiger partial charge in [0.05, 0.1) is 17.7 Å². The molecular formula is C17H30BN3O4. The van der Waals surface area contributed by atoms with Gasteiger partial charge in [0.1, 0.15) is 6.61 Å². The number of aromatic nitrogens is 2. The summed E-state index contributed by atoms with van der Waals surface area (Å²) in [5.41, 5.74) is -0.177. The molecule has 0 saturated carbocycles. The van der Waals surface area contributed by atoms with Crippen molar-refractivity contribution in [2.45, 2.75) is 71.8 Å². The van der Waals surface area contributed by atoms with Crippen molar-refractivity contribution in [3.63, 3.8) is 0 Å². The maximum absolute atomic E-state index is 12.0. The van der Waals surface area contributed by atoms with Gasteiger partial charge in [-0.1, -0.05) is 0 Å². The van der Waals surface area contributed by atoms with Gasteiger partial charge in [-0.2, -0.15) is 5.10 Å². The Labute approximate surface area is 150 Å². The molecule has 2 rings (SSSR count). The summed E-state index contributed by atoms with van der Waals surface area (Å²) in [6.07, 6.45) is 3.25. The van der Waals surface area contributed by atoms with E-state index < -0.39 is 7.12 Å². The van der Waals surface area contributed by atoms with Crippen LogP contribution < -0.4 is 5.46 Å². The standard InChI is InChI=1S/C17H30BN3O4/c1-15(2,3)20(8)14(22)23-10-9-21-12-13(11-19-21)18-24-16(4,5)17(6,7)25-18/h11-12H,9-10H2,1-8H3. The molecule has 0 bridgehead atoms. The van der Waals surface area contributed by atoms with Crippen LogP contribution in [0.1, 0.15) is 48.5 Å². The topological polar surface area (TPSA) is 65.8 Å². The molecule has 1 aromatic heterocycles. The molecular weight excluding hydrogens is 321 g/mol. The molecule has 1 aliphatic rings. The fourth-order valence-electron chi connectivity index (χ4n) is 2.20. The molecule has 1 amide bonds. The molecule has 0 aromatic carbocycles. The third-order valence-corrected chi connectivity index (χ3v) is 5.00. The lowest BCUT2D eigenvalue weighted by Gasteiger charge is -2.32. The summed E-state index contributed by atoms with van der Waals surface area (Å²) in [5, 5.41) is 4.30. The minimum atomic E-state index is -0.437. The Morgan fingerprint density at radius 2 is 1.84 bits per heavy atom. The van der Waals surface area contributed by atoms with Gasteiger partial charge in [0.2, 0.25) is 0 Å². The molecule has 0 unspecified atom stereocenters. The van der Waals surface area contributed by atoms with Crippen molar-refractivity contribution in [1.82, 2.24) is 14.7 Å². The predicted molar refractivity (Wildman–Crippen MR) is 96.8 cm³/mol. The monoisotopic (exact) mass is 351 g/mol. The number of carbonyl (C=O) groups excluding carboxylic acids is 1. The fraction of sp³-hybridized carbons (Fsp3) is 0.765. The Balaban J connectivity index is 1.88. The first-order valence-corrected chi connectivity index (χ1v) is 8.62. The third kappa shape index (κ3) is 4.36. The molecule has 2 heterocycles. The molecule has 1 saturated heterocycles. The molecule has 0 aliphatic carbocycles. The molecule has 8 heteroatoms. The zero-order valence-corrected chi connectivity index (χ0v) is 16.6. The number of carbonyl (C=O) groups is 1. The van der Waals surface area contributed by atoms with Crippen LogP contribution in [0, 0.1) is 0 Å². The van der Waals surface area contributed by atoms with Crippen LogP contribution in [0.15, 0.2) is 12.4 Å². The third-order valence-electron chi connectivity index (χ3n) is 5.00. The van der Waals surface area contributed by atoms with E-state index in [2.05, 4.69) is 5.10 Å². The maximum atomic E-state index is 12.0. The van der Waals surface area contributed by atoms with Crippen molar-refractivity contribution in [1.29, 1.82) is 0 Å². The molecule has 0 atom stereocenters.